The van der Waals surface area contributed by atoms with E-state index in [0.29, 0.717) is 89.7 Å². The van der Waals surface area contributed by atoms with E-state index in [1.54, 1.807) is 19.4 Å². The molecule has 4 aromatic carbocycles. The van der Waals surface area contributed by atoms with E-state index >= 15 is 8.78 Å². The van der Waals surface area contributed by atoms with E-state index in [1.807, 2.05) is 21.9 Å². The number of nitrogens with zero attached hydrogens (tertiary/aromatic N) is 6. The highest BCUT2D eigenvalue weighted by Crippen LogP contribution is 2.54. The average molecular weight is 1060 g/mol. The number of anilines is 6. The van der Waals surface area contributed by atoms with Gasteiger partial charge in [-0.3, -0.25) is 24.6 Å². The van der Waals surface area contributed by atoms with Crippen LogP contribution in [-0.2, 0) is 25.4 Å². The lowest BCUT2D eigenvalue weighted by atomic mass is 9.89. The van der Waals surface area contributed by atoms with Gasteiger partial charge in [-0.25, -0.2) is 18.2 Å². The molecule has 0 aliphatic carbocycles. The zero-order valence-corrected chi connectivity index (χ0v) is 42.4. The SMILES string of the molecule is CCc1cc(Nc2ncc(Br)c(Nc3ccc4cc(F)ccc4c3P3(=O)CCCC3)n2)c(OC)cc1N1CCC(N2CCN(C(=O)[C@@H]3CCN(c4cc(F)c(C5CCC(=O)NC5=O)c(F)c4)C3)CC2)CC1. The van der Waals surface area contributed by atoms with Crippen LogP contribution in [0.15, 0.2) is 65.3 Å². The second-order valence-electron chi connectivity index (χ2n) is 19.4. The van der Waals surface area contributed by atoms with Gasteiger partial charge < -0.3 is 34.6 Å². The average Bonchev–Trinajstić information content (AvgIpc) is 4.05. The Kier molecular flexibility index (Phi) is 14.1. The number of rotatable bonds is 12. The molecule has 5 aliphatic heterocycles. The number of benzene rings is 4. The van der Waals surface area contributed by atoms with Crippen molar-refractivity contribution < 1.29 is 36.9 Å². The number of piperidine rings is 2. The molecule has 5 fully saturated rings. The number of aryl methyl sites for hydroxylation is 1. The van der Waals surface area contributed by atoms with Gasteiger partial charge in [0.15, 0.2) is 0 Å². The van der Waals surface area contributed by atoms with Crippen molar-refractivity contribution in [3.05, 3.63) is 93.8 Å². The van der Waals surface area contributed by atoms with Gasteiger partial charge in [0.25, 0.3) is 0 Å². The molecule has 0 radical (unpaired) electrons. The molecule has 5 aromatic rings. The highest BCUT2D eigenvalue weighted by molar-refractivity contribution is 9.10. The van der Waals surface area contributed by atoms with E-state index in [0.717, 1.165) is 85.9 Å². The van der Waals surface area contributed by atoms with E-state index in [1.165, 1.54) is 24.3 Å². The molecule has 3 amide bonds. The quantitative estimate of drug-likeness (QED) is 0.0809. The third-order valence-electron chi connectivity index (χ3n) is 15.2. The monoisotopic (exact) mass is 1060 g/mol. The molecule has 2 atom stereocenters. The van der Waals surface area contributed by atoms with Crippen molar-refractivity contribution >= 4 is 91.4 Å². The molecule has 0 saturated carbocycles. The van der Waals surface area contributed by atoms with E-state index in [9.17, 15) is 23.3 Å². The molecule has 374 valence electrons. The normalized spacial score (nSPS) is 21.0. The lowest BCUT2D eigenvalue weighted by Crippen LogP contribution is -2.55. The summed E-state index contributed by atoms with van der Waals surface area (Å²) in [5.74, 6) is -2.92. The van der Waals surface area contributed by atoms with Crippen LogP contribution in [0.25, 0.3) is 10.8 Å². The third-order valence-corrected chi connectivity index (χ3v) is 19.1. The maximum absolute atomic E-state index is 15.3. The molecule has 0 bridgehead atoms. The van der Waals surface area contributed by atoms with Crippen LogP contribution in [0.4, 0.5) is 47.7 Å². The molecule has 19 heteroatoms. The number of piperazine rings is 1. The number of nitrogens with one attached hydrogen (secondary N) is 3. The van der Waals surface area contributed by atoms with Gasteiger partial charge in [-0.2, -0.15) is 4.98 Å². The van der Waals surface area contributed by atoms with E-state index in [2.05, 4.69) is 65.7 Å². The second-order valence-corrected chi connectivity index (χ2v) is 23.4. The largest absolute Gasteiger partial charge is 0.494 e. The van der Waals surface area contributed by atoms with Gasteiger partial charge in [-0.05, 0) is 114 Å². The van der Waals surface area contributed by atoms with Crippen molar-refractivity contribution in [3.63, 3.8) is 0 Å². The van der Waals surface area contributed by atoms with Crippen LogP contribution >= 0.6 is 23.1 Å². The number of carbonyl (C=O) groups is 3. The Morgan fingerprint density at radius 3 is 2.31 bits per heavy atom. The summed E-state index contributed by atoms with van der Waals surface area (Å²) in [6, 6.07) is 15.4. The fourth-order valence-corrected chi connectivity index (χ4v) is 15.0. The van der Waals surface area contributed by atoms with Gasteiger partial charge in [0, 0.05) is 112 Å². The lowest BCUT2D eigenvalue weighted by molar-refractivity contribution is -0.137. The minimum atomic E-state index is -2.74. The van der Waals surface area contributed by atoms with Gasteiger partial charge in [-0.15, -0.1) is 0 Å². The van der Waals surface area contributed by atoms with Crippen LogP contribution in [0.5, 0.6) is 5.75 Å². The van der Waals surface area contributed by atoms with Crippen LogP contribution in [-0.4, -0.2) is 115 Å². The number of carbonyl (C=O) groups excluding carboxylic acids is 3. The molecule has 71 heavy (non-hydrogen) atoms. The minimum Gasteiger partial charge on any atom is -0.494 e. The number of fused-ring (bicyclic) bond motifs is 1. The van der Waals surface area contributed by atoms with Crippen molar-refractivity contribution in [1.29, 1.82) is 0 Å². The molecule has 1 unspecified atom stereocenters. The zero-order valence-electron chi connectivity index (χ0n) is 39.9. The Balaban J connectivity index is 0.747. The fourth-order valence-electron chi connectivity index (χ4n) is 11.4. The summed E-state index contributed by atoms with van der Waals surface area (Å²) < 4.78 is 65.9. The standard InChI is InChI=1S/C52H58BrF3N9O5P/c1-3-31-25-43(59-52-57-29-39(53)49(61-52)58-42-10-6-32-24-34(54)7-8-37(32)48(42)71(69)22-4-5-23-71)45(70-2)28-44(31)63-16-13-35(14-17-63)62-18-20-64(21-19-62)51(68)33-12-15-65(30-33)36-26-40(55)47(41(56)27-36)38-9-11-46(66)60-50(38)67/h6-8,10,24-29,33,35,38H,3-5,9,11-23,30H2,1-2H3,(H,60,66,67)(H2,57,58,59,61)/t33-,38?/m1/s1. The number of hydrogen-bond donors (Lipinski definition) is 3. The van der Waals surface area contributed by atoms with Gasteiger partial charge in [-0.1, -0.05) is 19.1 Å². The van der Waals surface area contributed by atoms with Crippen LogP contribution in [0.3, 0.4) is 0 Å². The Labute approximate surface area is 419 Å². The van der Waals surface area contributed by atoms with Crippen molar-refractivity contribution in [3.8, 4) is 5.75 Å². The first-order valence-corrected chi connectivity index (χ1v) is 27.6. The molecule has 10 rings (SSSR count). The number of aromatic nitrogens is 2. The number of methoxy groups -OCH3 is 1. The maximum Gasteiger partial charge on any atom is 0.234 e. The van der Waals surface area contributed by atoms with Gasteiger partial charge in [0.2, 0.25) is 23.7 Å². The summed E-state index contributed by atoms with van der Waals surface area (Å²) >= 11 is 3.62. The third kappa shape index (κ3) is 9.96. The predicted molar refractivity (Wildman–Crippen MR) is 274 cm³/mol. The summed E-state index contributed by atoms with van der Waals surface area (Å²) in [6.45, 7) is 7.52. The first-order valence-electron chi connectivity index (χ1n) is 24.7. The lowest BCUT2D eigenvalue weighted by Gasteiger charge is -2.44. The van der Waals surface area contributed by atoms with Gasteiger partial charge in [0.1, 0.15) is 36.2 Å². The second kappa shape index (κ2) is 20.4. The highest BCUT2D eigenvalue weighted by Gasteiger charge is 2.38. The zero-order chi connectivity index (χ0) is 49.6. The molecule has 14 nitrogen and oxygen atoms in total. The van der Waals surface area contributed by atoms with Crippen LogP contribution in [0.2, 0.25) is 0 Å². The van der Waals surface area contributed by atoms with Gasteiger partial charge in [0.05, 0.1) is 34.8 Å². The fraction of sp³-hybridized carbons (Fsp3) is 0.442. The number of hydrogen-bond acceptors (Lipinski definition) is 12. The van der Waals surface area contributed by atoms with Crippen LogP contribution in [0.1, 0.15) is 68.9 Å². The Bertz CT molecular complexity index is 2920. The topological polar surface area (TPSA) is 152 Å². The van der Waals surface area contributed by atoms with Crippen molar-refractivity contribution in [2.24, 2.45) is 5.92 Å². The summed E-state index contributed by atoms with van der Waals surface area (Å²) in [5, 5.41) is 11.2. The van der Waals surface area contributed by atoms with Crippen molar-refractivity contribution in [2.45, 2.75) is 70.3 Å². The van der Waals surface area contributed by atoms with Gasteiger partial charge >= 0.3 is 0 Å². The molecule has 5 saturated heterocycles. The van der Waals surface area contributed by atoms with Crippen molar-refractivity contribution in [1.82, 2.24) is 25.1 Å². The molecule has 6 heterocycles. The predicted octanol–water partition coefficient (Wildman–Crippen LogP) is 8.81. The first kappa shape index (κ1) is 48.9. The molecule has 0 spiro atoms. The molecule has 3 N–H and O–H groups in total. The van der Waals surface area contributed by atoms with Crippen LogP contribution in [0, 0.1) is 23.4 Å². The number of ether oxygens (including phenoxy) is 1. The van der Waals surface area contributed by atoms with E-state index in [-0.39, 0.29) is 36.0 Å². The first-order chi connectivity index (χ1) is 34.3. The minimum absolute atomic E-state index is 0.0232. The Morgan fingerprint density at radius 1 is 0.873 bits per heavy atom. The summed E-state index contributed by atoms with van der Waals surface area (Å²) in [7, 11) is -1.09. The summed E-state index contributed by atoms with van der Waals surface area (Å²) in [4.78, 5) is 55.8. The summed E-state index contributed by atoms with van der Waals surface area (Å²) in [6.07, 6.45) is 8.06. The smallest absolute Gasteiger partial charge is 0.234 e. The maximum atomic E-state index is 15.3. The molecular weight excluding hydrogens is 999 g/mol. The van der Waals surface area contributed by atoms with Crippen molar-refractivity contribution in [2.75, 3.05) is 92.2 Å². The number of amides is 3. The number of imide groups is 1. The Hall–Kier alpha value is -5.71. The molecular formula is C52H58BrF3N9O5P. The summed E-state index contributed by atoms with van der Waals surface area (Å²) in [5.41, 5.74) is 3.69. The Morgan fingerprint density at radius 2 is 1.61 bits per heavy atom. The highest BCUT2D eigenvalue weighted by atomic mass is 79.9. The molecule has 1 aromatic heterocycles. The number of halogens is 4. The molecule has 5 aliphatic rings. The van der Waals surface area contributed by atoms with E-state index < -0.39 is 36.5 Å². The van der Waals surface area contributed by atoms with Crippen LogP contribution < -0.4 is 35.8 Å². The van der Waals surface area contributed by atoms with E-state index in [4.69, 9.17) is 9.72 Å².